The van der Waals surface area contributed by atoms with Crippen LogP contribution in [0.3, 0.4) is 0 Å². The first kappa shape index (κ1) is 9.36. The van der Waals surface area contributed by atoms with Crippen LogP contribution < -0.4 is 0 Å². The van der Waals surface area contributed by atoms with Gasteiger partial charge in [-0.05, 0) is 6.07 Å². The van der Waals surface area contributed by atoms with Gasteiger partial charge in [0.05, 0.1) is 11.2 Å². The molecule has 0 spiro atoms. The molecule has 0 amide bonds. The molecule has 14 heavy (non-hydrogen) atoms. The van der Waals surface area contributed by atoms with Gasteiger partial charge in [-0.2, -0.15) is 5.10 Å². The Balaban J connectivity index is 2.10. The van der Waals surface area contributed by atoms with E-state index in [2.05, 4.69) is 10.1 Å². The summed E-state index contributed by atoms with van der Waals surface area (Å²) < 4.78 is 1.69. The molecule has 5 heteroatoms. The average molecular weight is 209 g/mol. The maximum Gasteiger partial charge on any atom is 0.100 e. The van der Waals surface area contributed by atoms with Crippen LogP contribution in [0.1, 0.15) is 16.7 Å². The van der Waals surface area contributed by atoms with Gasteiger partial charge in [-0.15, -0.1) is 11.3 Å². The fraction of sp³-hybridized carbons (Fsp3) is 0.333. The van der Waals surface area contributed by atoms with Gasteiger partial charge in [0.25, 0.3) is 0 Å². The number of aliphatic hydroxyl groups is 1. The highest BCUT2D eigenvalue weighted by Crippen LogP contribution is 2.19. The van der Waals surface area contributed by atoms with Crippen LogP contribution in [-0.4, -0.2) is 19.9 Å². The van der Waals surface area contributed by atoms with E-state index in [-0.39, 0.29) is 0 Å². The molecule has 2 aromatic heterocycles. The number of aliphatic hydroxyl groups excluding tert-OH is 1. The van der Waals surface area contributed by atoms with Crippen LogP contribution in [0.15, 0.2) is 24.0 Å². The minimum Gasteiger partial charge on any atom is -0.386 e. The summed E-state index contributed by atoms with van der Waals surface area (Å²) in [5, 5.41) is 13.9. The van der Waals surface area contributed by atoms with Gasteiger partial charge in [0.2, 0.25) is 0 Å². The van der Waals surface area contributed by atoms with E-state index in [1.807, 2.05) is 13.1 Å². The molecule has 0 aliphatic carbocycles. The van der Waals surface area contributed by atoms with Crippen LogP contribution in [0, 0.1) is 0 Å². The van der Waals surface area contributed by atoms with Crippen molar-refractivity contribution in [3.05, 3.63) is 34.5 Å². The molecule has 1 N–H and O–H groups in total. The molecule has 0 radical (unpaired) electrons. The molecule has 0 saturated carbocycles. The standard InChI is InChI=1S/C9H11N3OS/c1-12-8(2-3-11-12)9(13)4-7-5-10-6-14-7/h2-3,5-6,9,13H,4H2,1H3. The Bertz CT molecular complexity index is 396. The molecule has 0 aliphatic rings. The van der Waals surface area contributed by atoms with E-state index in [0.29, 0.717) is 6.42 Å². The maximum absolute atomic E-state index is 9.88. The topological polar surface area (TPSA) is 50.9 Å². The molecule has 0 bridgehead atoms. The van der Waals surface area contributed by atoms with Gasteiger partial charge in [-0.25, -0.2) is 0 Å². The number of thiazole rings is 1. The molecule has 0 aromatic carbocycles. The van der Waals surface area contributed by atoms with Crippen molar-refractivity contribution in [3.8, 4) is 0 Å². The summed E-state index contributed by atoms with van der Waals surface area (Å²) in [6, 6.07) is 1.83. The second-order valence-corrected chi connectivity index (χ2v) is 4.04. The Kier molecular flexibility index (Phi) is 2.60. The lowest BCUT2D eigenvalue weighted by atomic mass is 10.2. The minimum absolute atomic E-state index is 0.497. The second-order valence-electron chi connectivity index (χ2n) is 3.07. The van der Waals surface area contributed by atoms with Crippen molar-refractivity contribution in [2.75, 3.05) is 0 Å². The van der Waals surface area contributed by atoms with Crippen LogP contribution in [0.4, 0.5) is 0 Å². The number of aryl methyl sites for hydroxylation is 1. The number of nitrogens with zero attached hydrogens (tertiary/aromatic N) is 3. The summed E-state index contributed by atoms with van der Waals surface area (Å²) in [5.41, 5.74) is 2.60. The quantitative estimate of drug-likeness (QED) is 0.825. The average Bonchev–Trinajstić information content (AvgIpc) is 2.75. The molecular weight excluding hydrogens is 198 g/mol. The zero-order valence-corrected chi connectivity index (χ0v) is 8.61. The van der Waals surface area contributed by atoms with E-state index in [4.69, 9.17) is 0 Å². The van der Waals surface area contributed by atoms with Crippen LogP contribution in [-0.2, 0) is 13.5 Å². The van der Waals surface area contributed by atoms with Crippen LogP contribution >= 0.6 is 11.3 Å². The third-order valence-electron chi connectivity index (χ3n) is 2.08. The summed E-state index contributed by atoms with van der Waals surface area (Å²) in [6.45, 7) is 0. The fourth-order valence-electron chi connectivity index (χ4n) is 1.35. The minimum atomic E-state index is -0.497. The van der Waals surface area contributed by atoms with Gasteiger partial charge < -0.3 is 5.11 Å². The van der Waals surface area contributed by atoms with Gasteiger partial charge in [-0.3, -0.25) is 9.67 Å². The predicted octanol–water partition coefficient (Wildman–Crippen LogP) is 1.15. The Labute approximate surface area is 85.8 Å². The fourth-order valence-corrected chi connectivity index (χ4v) is 1.98. The molecule has 1 unspecified atom stereocenters. The number of hydrogen-bond donors (Lipinski definition) is 1. The van der Waals surface area contributed by atoms with Gasteiger partial charge in [-0.1, -0.05) is 0 Å². The monoisotopic (exact) mass is 209 g/mol. The van der Waals surface area contributed by atoms with Crippen molar-refractivity contribution in [1.82, 2.24) is 14.8 Å². The van der Waals surface area contributed by atoms with E-state index in [9.17, 15) is 5.11 Å². The van der Waals surface area contributed by atoms with Gasteiger partial charge in [0.1, 0.15) is 6.10 Å². The summed E-state index contributed by atoms with van der Waals surface area (Å²) in [5.74, 6) is 0. The Morgan fingerprint density at radius 1 is 1.64 bits per heavy atom. The van der Waals surface area contributed by atoms with Crippen molar-refractivity contribution in [2.45, 2.75) is 12.5 Å². The van der Waals surface area contributed by atoms with Gasteiger partial charge >= 0.3 is 0 Å². The summed E-state index contributed by atoms with van der Waals surface area (Å²) in [7, 11) is 1.82. The smallest absolute Gasteiger partial charge is 0.100 e. The molecular formula is C9H11N3OS. The van der Waals surface area contributed by atoms with E-state index >= 15 is 0 Å². The van der Waals surface area contributed by atoms with Crippen molar-refractivity contribution in [2.24, 2.45) is 7.05 Å². The highest BCUT2D eigenvalue weighted by Gasteiger charge is 2.12. The van der Waals surface area contributed by atoms with Crippen LogP contribution in [0.5, 0.6) is 0 Å². The SMILES string of the molecule is Cn1nccc1C(O)Cc1cncs1. The van der Waals surface area contributed by atoms with Crippen molar-refractivity contribution in [3.63, 3.8) is 0 Å². The molecule has 2 heterocycles. The van der Waals surface area contributed by atoms with E-state index in [1.54, 1.807) is 33.9 Å². The van der Waals surface area contributed by atoms with E-state index in [1.165, 1.54) is 0 Å². The Hall–Kier alpha value is -1.20. The number of hydrogen-bond acceptors (Lipinski definition) is 4. The largest absolute Gasteiger partial charge is 0.386 e. The Morgan fingerprint density at radius 3 is 3.07 bits per heavy atom. The third-order valence-corrected chi connectivity index (χ3v) is 2.88. The lowest BCUT2D eigenvalue weighted by Gasteiger charge is -2.08. The highest BCUT2D eigenvalue weighted by atomic mass is 32.1. The molecule has 4 nitrogen and oxygen atoms in total. The number of aromatic nitrogens is 3. The summed E-state index contributed by atoms with van der Waals surface area (Å²) in [4.78, 5) is 5.05. The van der Waals surface area contributed by atoms with Crippen LogP contribution in [0.2, 0.25) is 0 Å². The molecule has 0 aliphatic heterocycles. The van der Waals surface area contributed by atoms with Gasteiger partial charge in [0, 0.05) is 30.7 Å². The first-order valence-corrected chi connectivity index (χ1v) is 5.18. The number of rotatable bonds is 3. The Morgan fingerprint density at radius 2 is 2.50 bits per heavy atom. The zero-order chi connectivity index (χ0) is 9.97. The lowest BCUT2D eigenvalue weighted by Crippen LogP contribution is -2.07. The highest BCUT2D eigenvalue weighted by molar-refractivity contribution is 7.09. The molecule has 74 valence electrons. The lowest BCUT2D eigenvalue weighted by molar-refractivity contribution is 0.169. The van der Waals surface area contributed by atoms with Crippen molar-refractivity contribution >= 4 is 11.3 Å². The van der Waals surface area contributed by atoms with Crippen LogP contribution in [0.25, 0.3) is 0 Å². The predicted molar refractivity (Wildman–Crippen MR) is 54.0 cm³/mol. The zero-order valence-electron chi connectivity index (χ0n) is 7.79. The molecule has 2 rings (SSSR count). The molecule has 0 saturated heterocycles. The summed E-state index contributed by atoms with van der Waals surface area (Å²) >= 11 is 1.55. The molecule has 2 aromatic rings. The summed E-state index contributed by atoms with van der Waals surface area (Å²) in [6.07, 6.45) is 3.57. The van der Waals surface area contributed by atoms with E-state index < -0.39 is 6.10 Å². The normalized spacial score (nSPS) is 13.0. The second kappa shape index (κ2) is 3.89. The molecule has 0 fully saturated rings. The van der Waals surface area contributed by atoms with Gasteiger partial charge in [0.15, 0.2) is 0 Å². The van der Waals surface area contributed by atoms with Crippen molar-refractivity contribution in [1.29, 1.82) is 0 Å². The first-order chi connectivity index (χ1) is 6.77. The first-order valence-electron chi connectivity index (χ1n) is 4.30. The van der Waals surface area contributed by atoms with E-state index in [0.717, 1.165) is 10.6 Å². The third kappa shape index (κ3) is 1.83. The maximum atomic E-state index is 9.88. The molecule has 1 atom stereocenters. The van der Waals surface area contributed by atoms with Crippen molar-refractivity contribution < 1.29 is 5.11 Å².